The van der Waals surface area contributed by atoms with Crippen LogP contribution in [-0.2, 0) is 0 Å². The number of aromatic nitrogens is 2. The molecule has 1 aliphatic rings. The van der Waals surface area contributed by atoms with Crippen LogP contribution in [0, 0.1) is 3.57 Å². The van der Waals surface area contributed by atoms with Gasteiger partial charge in [0, 0.05) is 22.3 Å². The van der Waals surface area contributed by atoms with Gasteiger partial charge in [-0.2, -0.15) is 0 Å². The first-order chi connectivity index (χ1) is 12.6. The monoisotopic (exact) mass is 496 g/mol. The Morgan fingerprint density at radius 1 is 1.23 bits per heavy atom. The molecule has 1 aliphatic heterocycles. The zero-order valence-electron chi connectivity index (χ0n) is 14.2. The highest BCUT2D eigenvalue weighted by atomic mass is 127. The first kappa shape index (κ1) is 18.0. The lowest BCUT2D eigenvalue weighted by molar-refractivity contribution is 0.103. The molecule has 2 aromatic heterocycles. The summed E-state index contributed by atoms with van der Waals surface area (Å²) in [4.78, 5) is 25.9. The Bertz CT molecular complexity index is 952. The predicted octanol–water partition coefficient (Wildman–Crippen LogP) is 4.87. The molecule has 3 aromatic rings. The van der Waals surface area contributed by atoms with Crippen LogP contribution in [0.1, 0.15) is 22.5 Å². The summed E-state index contributed by atoms with van der Waals surface area (Å²) in [6, 6.07) is 9.70. The second-order valence-corrected chi connectivity index (χ2v) is 9.07. The number of benzene rings is 1. The van der Waals surface area contributed by atoms with Gasteiger partial charge in [0.2, 0.25) is 0 Å². The van der Waals surface area contributed by atoms with Gasteiger partial charge in [-0.3, -0.25) is 4.79 Å². The number of hydrogen-bond donors (Lipinski definition) is 1. The van der Waals surface area contributed by atoms with Crippen LogP contribution in [-0.4, -0.2) is 35.2 Å². The largest absolute Gasteiger partial charge is 0.356 e. The SMILES string of the molecule is CSc1nc(N2CCCC2)c2cc(C(=O)Nc3ccc(I)cc3)sc2n1. The van der Waals surface area contributed by atoms with Gasteiger partial charge >= 0.3 is 0 Å². The molecule has 0 unspecified atom stereocenters. The molecule has 1 fully saturated rings. The number of fused-ring (bicyclic) bond motifs is 1. The molecule has 1 N–H and O–H groups in total. The summed E-state index contributed by atoms with van der Waals surface area (Å²) in [5.74, 6) is 0.855. The maximum atomic E-state index is 12.7. The number of thioether (sulfide) groups is 1. The van der Waals surface area contributed by atoms with E-state index in [-0.39, 0.29) is 5.91 Å². The number of hydrogen-bond acceptors (Lipinski definition) is 6. The first-order valence-electron chi connectivity index (χ1n) is 8.31. The van der Waals surface area contributed by atoms with Crippen LogP contribution in [0.15, 0.2) is 35.5 Å². The van der Waals surface area contributed by atoms with Gasteiger partial charge in [-0.05, 0) is 72.0 Å². The Labute approximate surface area is 173 Å². The molecule has 1 amide bonds. The fraction of sp³-hybridized carbons (Fsp3) is 0.278. The van der Waals surface area contributed by atoms with E-state index in [1.165, 1.54) is 35.9 Å². The van der Waals surface area contributed by atoms with E-state index in [1.54, 1.807) is 0 Å². The van der Waals surface area contributed by atoms with Crippen molar-refractivity contribution >= 4 is 73.3 Å². The van der Waals surface area contributed by atoms with E-state index in [0.29, 0.717) is 4.88 Å². The summed E-state index contributed by atoms with van der Waals surface area (Å²) >= 11 is 5.21. The molecule has 1 saturated heterocycles. The number of nitrogens with zero attached hydrogens (tertiary/aromatic N) is 3. The molecular weight excluding hydrogens is 479 g/mol. The fourth-order valence-corrected chi connectivity index (χ4v) is 4.69. The van der Waals surface area contributed by atoms with Gasteiger partial charge in [0.05, 0.1) is 10.3 Å². The van der Waals surface area contributed by atoms with Crippen LogP contribution in [0.5, 0.6) is 0 Å². The van der Waals surface area contributed by atoms with Gasteiger partial charge in [-0.25, -0.2) is 9.97 Å². The van der Waals surface area contributed by atoms with Gasteiger partial charge in [0.25, 0.3) is 5.91 Å². The number of thiophene rings is 1. The molecule has 134 valence electrons. The molecule has 0 spiro atoms. The van der Waals surface area contributed by atoms with E-state index in [9.17, 15) is 4.79 Å². The molecule has 26 heavy (non-hydrogen) atoms. The highest BCUT2D eigenvalue weighted by Gasteiger charge is 2.21. The quantitative estimate of drug-likeness (QED) is 0.317. The van der Waals surface area contributed by atoms with Crippen molar-refractivity contribution in [2.24, 2.45) is 0 Å². The molecule has 0 bridgehead atoms. The van der Waals surface area contributed by atoms with E-state index in [4.69, 9.17) is 4.98 Å². The third-order valence-electron chi connectivity index (χ3n) is 4.27. The number of carbonyl (C=O) groups is 1. The Balaban J connectivity index is 1.68. The van der Waals surface area contributed by atoms with E-state index >= 15 is 0 Å². The third kappa shape index (κ3) is 3.67. The summed E-state index contributed by atoms with van der Waals surface area (Å²) in [7, 11) is 0. The number of amides is 1. The number of carbonyl (C=O) groups excluding carboxylic acids is 1. The van der Waals surface area contributed by atoms with E-state index in [1.807, 2.05) is 36.6 Å². The van der Waals surface area contributed by atoms with Gasteiger partial charge in [0.1, 0.15) is 10.6 Å². The smallest absolute Gasteiger partial charge is 0.265 e. The van der Waals surface area contributed by atoms with Crippen molar-refractivity contribution in [3.05, 3.63) is 38.8 Å². The molecule has 0 saturated carbocycles. The molecule has 0 aliphatic carbocycles. The fourth-order valence-electron chi connectivity index (χ4n) is 2.99. The molecule has 0 radical (unpaired) electrons. The Kier molecular flexibility index (Phi) is 5.32. The van der Waals surface area contributed by atoms with Crippen molar-refractivity contribution in [1.29, 1.82) is 0 Å². The number of anilines is 2. The maximum Gasteiger partial charge on any atom is 0.265 e. The highest BCUT2D eigenvalue weighted by molar-refractivity contribution is 14.1. The van der Waals surface area contributed by atoms with Crippen molar-refractivity contribution in [3.63, 3.8) is 0 Å². The summed E-state index contributed by atoms with van der Waals surface area (Å²) < 4.78 is 1.14. The Morgan fingerprint density at radius 3 is 2.65 bits per heavy atom. The van der Waals surface area contributed by atoms with Crippen LogP contribution in [0.2, 0.25) is 0 Å². The number of nitrogens with one attached hydrogen (secondary N) is 1. The maximum absolute atomic E-state index is 12.7. The second kappa shape index (κ2) is 7.69. The lowest BCUT2D eigenvalue weighted by atomic mass is 10.3. The lowest BCUT2D eigenvalue weighted by Gasteiger charge is -2.17. The van der Waals surface area contributed by atoms with Crippen LogP contribution in [0.4, 0.5) is 11.5 Å². The summed E-state index contributed by atoms with van der Waals surface area (Å²) in [5.41, 5.74) is 0.795. The standard InChI is InChI=1S/C18H17IN4OS2/c1-25-18-21-15(23-8-2-3-9-23)13-10-14(26-17(13)22-18)16(24)20-12-6-4-11(19)5-7-12/h4-7,10H,2-3,8-9H2,1H3,(H,20,24). The minimum absolute atomic E-state index is 0.104. The minimum atomic E-state index is -0.104. The van der Waals surface area contributed by atoms with Crippen molar-refractivity contribution in [2.45, 2.75) is 18.0 Å². The van der Waals surface area contributed by atoms with Crippen LogP contribution in [0.25, 0.3) is 10.2 Å². The van der Waals surface area contributed by atoms with Gasteiger partial charge < -0.3 is 10.2 Å². The van der Waals surface area contributed by atoms with Gasteiger partial charge in [0.15, 0.2) is 5.16 Å². The van der Waals surface area contributed by atoms with Crippen molar-refractivity contribution < 1.29 is 4.79 Å². The summed E-state index contributed by atoms with van der Waals surface area (Å²) in [6.45, 7) is 2.03. The molecule has 1 aromatic carbocycles. The number of rotatable bonds is 4. The normalized spacial score (nSPS) is 14.2. The molecule has 3 heterocycles. The molecule has 4 rings (SSSR count). The molecule has 0 atom stereocenters. The number of halogens is 1. The molecular formula is C18H17IN4OS2. The Morgan fingerprint density at radius 2 is 1.96 bits per heavy atom. The lowest BCUT2D eigenvalue weighted by Crippen LogP contribution is -2.19. The average Bonchev–Trinajstić information content (AvgIpc) is 3.32. The van der Waals surface area contributed by atoms with Crippen LogP contribution in [0.3, 0.4) is 0 Å². The van der Waals surface area contributed by atoms with Crippen molar-refractivity contribution in [2.75, 3.05) is 29.6 Å². The zero-order valence-corrected chi connectivity index (χ0v) is 18.0. The van der Waals surface area contributed by atoms with Gasteiger partial charge in [-0.1, -0.05) is 11.8 Å². The third-order valence-corrected chi connectivity index (χ3v) is 6.56. The molecule has 8 heteroatoms. The second-order valence-electron chi connectivity index (χ2n) is 6.02. The zero-order chi connectivity index (χ0) is 18.1. The minimum Gasteiger partial charge on any atom is -0.356 e. The van der Waals surface area contributed by atoms with E-state index in [2.05, 4.69) is 37.8 Å². The summed E-state index contributed by atoms with van der Waals surface area (Å²) in [5, 5.41) is 4.70. The Hall–Kier alpha value is -1.39. The average molecular weight is 496 g/mol. The van der Waals surface area contributed by atoms with Crippen molar-refractivity contribution in [3.8, 4) is 0 Å². The molecule has 5 nitrogen and oxygen atoms in total. The highest BCUT2D eigenvalue weighted by Crippen LogP contribution is 2.34. The van der Waals surface area contributed by atoms with Crippen LogP contribution >= 0.6 is 45.7 Å². The summed E-state index contributed by atoms with van der Waals surface area (Å²) in [6.07, 6.45) is 4.35. The van der Waals surface area contributed by atoms with Gasteiger partial charge in [-0.15, -0.1) is 11.3 Å². The first-order valence-corrected chi connectivity index (χ1v) is 11.4. The topological polar surface area (TPSA) is 58.1 Å². The van der Waals surface area contributed by atoms with Crippen molar-refractivity contribution in [1.82, 2.24) is 9.97 Å². The van der Waals surface area contributed by atoms with E-state index in [0.717, 1.165) is 43.5 Å². The predicted molar refractivity (Wildman–Crippen MR) is 118 cm³/mol. The van der Waals surface area contributed by atoms with Crippen LogP contribution < -0.4 is 10.2 Å². The van der Waals surface area contributed by atoms with E-state index < -0.39 is 0 Å².